The summed E-state index contributed by atoms with van der Waals surface area (Å²) in [6, 6.07) is 4.78. The fourth-order valence-electron chi connectivity index (χ4n) is 3.86. The van der Waals surface area contributed by atoms with Gasteiger partial charge in [-0.25, -0.2) is 24.3 Å². The highest BCUT2D eigenvalue weighted by molar-refractivity contribution is 5.82. The molecule has 0 amide bonds. The van der Waals surface area contributed by atoms with E-state index in [-0.39, 0.29) is 24.0 Å². The predicted molar refractivity (Wildman–Crippen MR) is 102 cm³/mol. The summed E-state index contributed by atoms with van der Waals surface area (Å²) in [6.07, 6.45) is 5.08. The number of fused-ring (bicyclic) bond motifs is 2. The van der Waals surface area contributed by atoms with Crippen LogP contribution in [-0.2, 0) is 4.74 Å². The molecule has 3 aromatic heterocycles. The van der Waals surface area contributed by atoms with Crippen molar-refractivity contribution in [2.45, 2.75) is 38.0 Å². The SMILES string of the molecule is CO[C@H]1C[C@@H](n2c([C@H](C)Nc3ncnc4[nH]cnc34)nc3ccc(F)cc32)C1. The van der Waals surface area contributed by atoms with Crippen molar-refractivity contribution in [3.63, 3.8) is 0 Å². The number of nitrogens with one attached hydrogen (secondary N) is 2. The molecule has 1 atom stereocenters. The molecule has 0 spiro atoms. The van der Waals surface area contributed by atoms with E-state index in [4.69, 9.17) is 9.72 Å². The Morgan fingerprint density at radius 3 is 2.96 bits per heavy atom. The highest BCUT2D eigenvalue weighted by atomic mass is 19.1. The number of imidazole rings is 2. The second-order valence-corrected chi connectivity index (χ2v) is 7.14. The highest BCUT2D eigenvalue weighted by Crippen LogP contribution is 2.39. The summed E-state index contributed by atoms with van der Waals surface area (Å²) in [5.41, 5.74) is 2.92. The molecule has 9 heteroatoms. The minimum absolute atomic E-state index is 0.160. The van der Waals surface area contributed by atoms with Crippen LogP contribution in [0.5, 0.6) is 0 Å². The van der Waals surface area contributed by atoms with Gasteiger partial charge < -0.3 is 19.6 Å². The number of anilines is 1. The Labute approximate surface area is 160 Å². The fourth-order valence-corrected chi connectivity index (χ4v) is 3.86. The van der Waals surface area contributed by atoms with Crippen LogP contribution in [0, 0.1) is 5.82 Å². The van der Waals surface area contributed by atoms with Gasteiger partial charge in [0.05, 0.1) is 29.5 Å². The predicted octanol–water partition coefficient (Wildman–Crippen LogP) is 3.36. The van der Waals surface area contributed by atoms with Gasteiger partial charge >= 0.3 is 0 Å². The van der Waals surface area contributed by atoms with Crippen molar-refractivity contribution in [3.8, 4) is 0 Å². The summed E-state index contributed by atoms with van der Waals surface area (Å²) < 4.78 is 21.5. The summed E-state index contributed by atoms with van der Waals surface area (Å²) >= 11 is 0. The Hall–Kier alpha value is -3.07. The number of benzene rings is 1. The average Bonchev–Trinajstić information content (AvgIpc) is 3.26. The molecule has 0 radical (unpaired) electrons. The lowest BCUT2D eigenvalue weighted by Crippen LogP contribution is -2.34. The summed E-state index contributed by atoms with van der Waals surface area (Å²) in [5.74, 6) is 1.20. The van der Waals surface area contributed by atoms with Crippen molar-refractivity contribution in [2.75, 3.05) is 12.4 Å². The number of halogens is 1. The second-order valence-electron chi connectivity index (χ2n) is 7.14. The third kappa shape index (κ3) is 2.70. The number of nitrogens with zero attached hydrogens (tertiary/aromatic N) is 5. The minimum Gasteiger partial charge on any atom is -0.381 e. The van der Waals surface area contributed by atoms with Crippen LogP contribution >= 0.6 is 0 Å². The van der Waals surface area contributed by atoms with Crippen LogP contribution < -0.4 is 5.32 Å². The van der Waals surface area contributed by atoms with Gasteiger partial charge in [-0.05, 0) is 38.0 Å². The number of methoxy groups -OCH3 is 1. The van der Waals surface area contributed by atoms with E-state index in [1.54, 1.807) is 25.6 Å². The first-order valence-electron chi connectivity index (χ1n) is 9.25. The monoisotopic (exact) mass is 381 g/mol. The fraction of sp³-hybridized carbons (Fsp3) is 0.368. The number of ether oxygens (including phenoxy) is 1. The maximum atomic E-state index is 13.9. The first-order valence-corrected chi connectivity index (χ1v) is 9.25. The zero-order chi connectivity index (χ0) is 19.3. The van der Waals surface area contributed by atoms with E-state index in [0.29, 0.717) is 17.0 Å². The van der Waals surface area contributed by atoms with Crippen LogP contribution in [0.3, 0.4) is 0 Å². The molecule has 2 N–H and O–H groups in total. The Kier molecular flexibility index (Phi) is 3.97. The van der Waals surface area contributed by atoms with Crippen molar-refractivity contribution >= 4 is 28.0 Å². The maximum absolute atomic E-state index is 13.9. The lowest BCUT2D eigenvalue weighted by Gasteiger charge is -2.37. The van der Waals surface area contributed by atoms with E-state index in [2.05, 4.69) is 29.8 Å². The molecule has 1 aromatic carbocycles. The van der Waals surface area contributed by atoms with Crippen LogP contribution in [0.1, 0.15) is 37.7 Å². The first kappa shape index (κ1) is 17.1. The van der Waals surface area contributed by atoms with Gasteiger partial charge in [-0.15, -0.1) is 0 Å². The molecule has 1 saturated carbocycles. The van der Waals surface area contributed by atoms with E-state index >= 15 is 0 Å². The van der Waals surface area contributed by atoms with Crippen LogP contribution in [0.15, 0.2) is 30.9 Å². The van der Waals surface area contributed by atoms with Crippen molar-refractivity contribution in [1.82, 2.24) is 29.5 Å². The number of hydrogen-bond acceptors (Lipinski definition) is 6. The average molecular weight is 381 g/mol. The molecule has 0 aliphatic heterocycles. The van der Waals surface area contributed by atoms with Gasteiger partial charge in [-0.1, -0.05) is 0 Å². The Bertz CT molecular complexity index is 1150. The lowest BCUT2D eigenvalue weighted by atomic mass is 9.88. The number of aromatic nitrogens is 6. The maximum Gasteiger partial charge on any atom is 0.162 e. The number of rotatable bonds is 5. The molecule has 28 heavy (non-hydrogen) atoms. The van der Waals surface area contributed by atoms with Crippen molar-refractivity contribution in [2.24, 2.45) is 0 Å². The van der Waals surface area contributed by atoms with Gasteiger partial charge in [0.25, 0.3) is 0 Å². The number of aromatic amines is 1. The van der Waals surface area contributed by atoms with Crippen LogP contribution in [0.2, 0.25) is 0 Å². The van der Waals surface area contributed by atoms with E-state index < -0.39 is 0 Å². The Morgan fingerprint density at radius 1 is 1.29 bits per heavy atom. The molecule has 0 saturated heterocycles. The molecule has 144 valence electrons. The van der Waals surface area contributed by atoms with Crippen molar-refractivity contribution < 1.29 is 9.13 Å². The zero-order valence-electron chi connectivity index (χ0n) is 15.6. The third-order valence-electron chi connectivity index (χ3n) is 5.40. The molecular formula is C19H20FN7O. The van der Waals surface area contributed by atoms with E-state index in [0.717, 1.165) is 29.7 Å². The molecule has 0 bridgehead atoms. The molecule has 3 heterocycles. The molecule has 1 fully saturated rings. The van der Waals surface area contributed by atoms with Crippen LogP contribution in [0.25, 0.3) is 22.2 Å². The summed E-state index contributed by atoms with van der Waals surface area (Å²) in [5, 5.41) is 3.39. The molecule has 1 aliphatic rings. The highest BCUT2D eigenvalue weighted by Gasteiger charge is 2.34. The quantitative estimate of drug-likeness (QED) is 0.551. The van der Waals surface area contributed by atoms with E-state index in [1.807, 2.05) is 6.92 Å². The summed E-state index contributed by atoms with van der Waals surface area (Å²) in [7, 11) is 1.72. The van der Waals surface area contributed by atoms with Crippen molar-refractivity contribution in [3.05, 3.63) is 42.5 Å². The largest absolute Gasteiger partial charge is 0.381 e. The molecule has 8 nitrogen and oxygen atoms in total. The molecule has 5 rings (SSSR count). The zero-order valence-corrected chi connectivity index (χ0v) is 15.6. The van der Waals surface area contributed by atoms with Gasteiger partial charge in [0.1, 0.15) is 23.5 Å². The van der Waals surface area contributed by atoms with Gasteiger partial charge in [-0.3, -0.25) is 0 Å². The molecule has 0 unspecified atom stereocenters. The number of hydrogen-bond donors (Lipinski definition) is 2. The first-order chi connectivity index (χ1) is 13.6. The van der Waals surface area contributed by atoms with Gasteiger partial charge in [0, 0.05) is 13.2 Å². The van der Waals surface area contributed by atoms with E-state index in [1.165, 1.54) is 12.4 Å². The Morgan fingerprint density at radius 2 is 2.14 bits per heavy atom. The third-order valence-corrected chi connectivity index (χ3v) is 5.40. The molecule has 4 aromatic rings. The standard InChI is InChI=1S/C19H20FN7O/c1-10(25-18-16-17(22-8-21-16)23-9-24-18)19-26-14-4-3-11(20)5-15(14)27(19)12-6-13(7-12)28-2/h3-5,8-10,12-13H,6-7H2,1-2H3,(H2,21,22,23,24,25)/t10-,12-,13+/m0/s1. The molecule has 1 aliphatic carbocycles. The summed E-state index contributed by atoms with van der Waals surface area (Å²) in [6.45, 7) is 2.02. The van der Waals surface area contributed by atoms with Crippen molar-refractivity contribution in [1.29, 1.82) is 0 Å². The van der Waals surface area contributed by atoms with Crippen LogP contribution in [-0.4, -0.2) is 42.7 Å². The lowest BCUT2D eigenvalue weighted by molar-refractivity contribution is 0.00642. The van der Waals surface area contributed by atoms with Gasteiger partial charge in [0.15, 0.2) is 11.5 Å². The van der Waals surface area contributed by atoms with Crippen LogP contribution in [0.4, 0.5) is 10.2 Å². The Balaban J connectivity index is 1.55. The number of H-pyrrole nitrogens is 1. The topological polar surface area (TPSA) is 93.5 Å². The minimum atomic E-state index is -0.266. The van der Waals surface area contributed by atoms with Gasteiger partial charge in [-0.2, -0.15) is 0 Å². The molecular weight excluding hydrogens is 361 g/mol. The summed E-state index contributed by atoms with van der Waals surface area (Å²) in [4.78, 5) is 20.6. The normalized spacial score (nSPS) is 20.4. The van der Waals surface area contributed by atoms with Gasteiger partial charge in [0.2, 0.25) is 0 Å². The second kappa shape index (κ2) is 6.52. The van der Waals surface area contributed by atoms with E-state index in [9.17, 15) is 4.39 Å². The smallest absolute Gasteiger partial charge is 0.162 e.